The van der Waals surface area contributed by atoms with E-state index in [1.165, 1.54) is 24.2 Å². The van der Waals surface area contributed by atoms with Crippen LogP contribution in [-0.4, -0.2) is 18.5 Å². The van der Waals surface area contributed by atoms with Crippen molar-refractivity contribution in [3.05, 3.63) is 16.0 Å². The molecule has 2 heterocycles. The van der Waals surface area contributed by atoms with Crippen molar-refractivity contribution in [2.24, 2.45) is 0 Å². The van der Waals surface area contributed by atoms with Gasteiger partial charge >= 0.3 is 0 Å². The minimum absolute atomic E-state index is 0.00937. The first kappa shape index (κ1) is 15.0. The van der Waals surface area contributed by atoms with Crippen LogP contribution in [0, 0.1) is 25.2 Å². The third kappa shape index (κ3) is 3.59. The lowest BCUT2D eigenvalue weighted by atomic mass is 10.0. The fourth-order valence-electron chi connectivity index (χ4n) is 2.51. The second-order valence-corrected chi connectivity index (χ2v) is 6.56. The maximum absolute atomic E-state index is 12.0. The Morgan fingerprint density at radius 1 is 1.50 bits per heavy atom. The van der Waals surface area contributed by atoms with Gasteiger partial charge in [-0.25, -0.2) is 0 Å². The molecule has 5 heteroatoms. The van der Waals surface area contributed by atoms with Gasteiger partial charge in [-0.15, -0.1) is 11.3 Å². The van der Waals surface area contributed by atoms with Crippen molar-refractivity contribution in [2.75, 3.05) is 11.9 Å². The highest BCUT2D eigenvalue weighted by Crippen LogP contribution is 2.31. The Morgan fingerprint density at radius 3 is 2.95 bits per heavy atom. The average molecular weight is 291 g/mol. The van der Waals surface area contributed by atoms with Gasteiger partial charge < -0.3 is 10.6 Å². The van der Waals surface area contributed by atoms with Crippen molar-refractivity contribution in [1.82, 2.24) is 5.32 Å². The highest BCUT2D eigenvalue weighted by molar-refractivity contribution is 7.16. The Labute approximate surface area is 124 Å². The van der Waals surface area contributed by atoms with Crippen LogP contribution in [0.1, 0.15) is 48.1 Å². The second-order valence-electron chi connectivity index (χ2n) is 5.33. The van der Waals surface area contributed by atoms with Crippen LogP contribution in [0.25, 0.3) is 0 Å². The lowest BCUT2D eigenvalue weighted by Gasteiger charge is -2.22. The van der Waals surface area contributed by atoms with Gasteiger partial charge in [-0.05, 0) is 45.2 Å². The van der Waals surface area contributed by atoms with E-state index in [1.807, 2.05) is 13.8 Å². The molecule has 1 atom stereocenters. The van der Waals surface area contributed by atoms with Crippen molar-refractivity contribution in [1.29, 1.82) is 5.26 Å². The van der Waals surface area contributed by atoms with E-state index >= 15 is 0 Å². The summed E-state index contributed by atoms with van der Waals surface area (Å²) in [7, 11) is 0. The van der Waals surface area contributed by atoms with E-state index in [-0.39, 0.29) is 5.91 Å². The van der Waals surface area contributed by atoms with E-state index < -0.39 is 0 Å². The van der Waals surface area contributed by atoms with Crippen molar-refractivity contribution in [3.63, 3.8) is 0 Å². The third-order valence-corrected chi connectivity index (χ3v) is 5.00. The zero-order valence-corrected chi connectivity index (χ0v) is 12.9. The summed E-state index contributed by atoms with van der Waals surface area (Å²) < 4.78 is 0. The summed E-state index contributed by atoms with van der Waals surface area (Å²) in [6.07, 6.45) is 5.03. The number of rotatable bonds is 4. The fraction of sp³-hybridized carbons (Fsp3) is 0.600. The molecule has 0 aromatic carbocycles. The predicted molar refractivity (Wildman–Crippen MR) is 82.0 cm³/mol. The molecule has 4 nitrogen and oxygen atoms in total. The number of carbonyl (C=O) groups excluding carboxylic acids is 1. The third-order valence-electron chi connectivity index (χ3n) is 3.88. The number of anilines is 1. The van der Waals surface area contributed by atoms with Gasteiger partial charge in [-0.2, -0.15) is 5.26 Å². The van der Waals surface area contributed by atoms with Crippen LogP contribution < -0.4 is 10.6 Å². The number of piperidine rings is 1. The second kappa shape index (κ2) is 6.87. The van der Waals surface area contributed by atoms with Crippen LogP contribution in [0.15, 0.2) is 0 Å². The molecule has 0 spiro atoms. The fourth-order valence-corrected chi connectivity index (χ4v) is 3.54. The number of aryl methyl sites for hydroxylation is 1. The molecule has 1 fully saturated rings. The molecule has 20 heavy (non-hydrogen) atoms. The lowest BCUT2D eigenvalue weighted by Crippen LogP contribution is -2.34. The largest absolute Gasteiger partial charge is 0.317 e. The van der Waals surface area contributed by atoms with Gasteiger partial charge in [0.05, 0.1) is 5.56 Å². The minimum atomic E-state index is 0.00937. The van der Waals surface area contributed by atoms with Gasteiger partial charge in [-0.3, -0.25) is 4.79 Å². The molecule has 108 valence electrons. The molecular weight excluding hydrogens is 270 g/mol. The predicted octanol–water partition coefficient (Wildman–Crippen LogP) is 3.10. The molecular formula is C15H21N3OS. The molecule has 0 bridgehead atoms. The number of amides is 1. The Hall–Kier alpha value is -1.38. The van der Waals surface area contributed by atoms with Crippen molar-refractivity contribution < 1.29 is 4.79 Å². The Bertz CT molecular complexity index is 524. The summed E-state index contributed by atoms with van der Waals surface area (Å²) in [5.41, 5.74) is 1.58. The smallest absolute Gasteiger partial charge is 0.225 e. The van der Waals surface area contributed by atoms with Gasteiger partial charge in [0.15, 0.2) is 0 Å². The molecule has 2 N–H and O–H groups in total. The van der Waals surface area contributed by atoms with Gasteiger partial charge in [0.1, 0.15) is 11.1 Å². The summed E-state index contributed by atoms with van der Waals surface area (Å²) in [5, 5.41) is 16.2. The van der Waals surface area contributed by atoms with Crippen molar-refractivity contribution in [2.45, 2.75) is 52.0 Å². The van der Waals surface area contributed by atoms with Crippen LogP contribution in [0.5, 0.6) is 0 Å². The molecule has 0 aliphatic carbocycles. The maximum atomic E-state index is 12.0. The molecule has 0 saturated carbocycles. The monoisotopic (exact) mass is 291 g/mol. The quantitative estimate of drug-likeness (QED) is 0.896. The van der Waals surface area contributed by atoms with E-state index in [0.29, 0.717) is 23.0 Å². The number of hydrogen-bond acceptors (Lipinski definition) is 4. The Kier molecular flexibility index (Phi) is 5.16. The molecule has 1 aromatic heterocycles. The van der Waals surface area contributed by atoms with Crippen LogP contribution >= 0.6 is 11.3 Å². The molecule has 1 aromatic rings. The SMILES string of the molecule is Cc1sc(NC(=O)CCC2CCCCN2)c(C#N)c1C. The standard InChI is InChI=1S/C15H21N3OS/c1-10-11(2)20-15(13(10)9-16)18-14(19)7-6-12-5-3-4-8-17-12/h12,17H,3-8H2,1-2H3,(H,18,19). The zero-order valence-electron chi connectivity index (χ0n) is 12.1. The van der Waals surface area contributed by atoms with E-state index in [1.54, 1.807) is 0 Å². The molecule has 0 radical (unpaired) electrons. The summed E-state index contributed by atoms with van der Waals surface area (Å²) in [6.45, 7) is 4.96. The van der Waals surface area contributed by atoms with Crippen LogP contribution in [0.2, 0.25) is 0 Å². The first-order valence-corrected chi connectivity index (χ1v) is 7.96. The number of nitrogens with one attached hydrogen (secondary N) is 2. The van der Waals surface area contributed by atoms with Crippen LogP contribution in [0.3, 0.4) is 0 Å². The Morgan fingerprint density at radius 2 is 2.30 bits per heavy atom. The molecule has 1 amide bonds. The lowest BCUT2D eigenvalue weighted by molar-refractivity contribution is -0.116. The van der Waals surface area contributed by atoms with E-state index in [0.717, 1.165) is 29.8 Å². The van der Waals surface area contributed by atoms with Gasteiger partial charge in [0.2, 0.25) is 5.91 Å². The van der Waals surface area contributed by atoms with Gasteiger partial charge in [0.25, 0.3) is 0 Å². The van der Waals surface area contributed by atoms with E-state index in [2.05, 4.69) is 16.7 Å². The highest BCUT2D eigenvalue weighted by Gasteiger charge is 2.17. The van der Waals surface area contributed by atoms with E-state index in [4.69, 9.17) is 5.26 Å². The van der Waals surface area contributed by atoms with Gasteiger partial charge in [0, 0.05) is 17.3 Å². The van der Waals surface area contributed by atoms with Crippen molar-refractivity contribution >= 4 is 22.2 Å². The van der Waals surface area contributed by atoms with Crippen LogP contribution in [0.4, 0.5) is 5.00 Å². The topological polar surface area (TPSA) is 64.9 Å². The molecule has 1 aliphatic heterocycles. The highest BCUT2D eigenvalue weighted by atomic mass is 32.1. The normalized spacial score (nSPS) is 18.6. The number of thiophene rings is 1. The summed E-state index contributed by atoms with van der Waals surface area (Å²) >= 11 is 1.49. The molecule has 1 saturated heterocycles. The molecule has 1 aliphatic rings. The summed E-state index contributed by atoms with van der Waals surface area (Å²) in [4.78, 5) is 13.1. The van der Waals surface area contributed by atoms with Crippen molar-refractivity contribution in [3.8, 4) is 6.07 Å². The number of nitriles is 1. The Balaban J connectivity index is 1.88. The zero-order chi connectivity index (χ0) is 14.5. The molecule has 2 rings (SSSR count). The van der Waals surface area contributed by atoms with Crippen LogP contribution in [-0.2, 0) is 4.79 Å². The number of nitrogens with zero attached hydrogens (tertiary/aromatic N) is 1. The first-order valence-electron chi connectivity index (χ1n) is 7.15. The summed E-state index contributed by atoms with van der Waals surface area (Å²) in [6, 6.07) is 2.65. The minimum Gasteiger partial charge on any atom is -0.317 e. The van der Waals surface area contributed by atoms with E-state index in [9.17, 15) is 4.79 Å². The summed E-state index contributed by atoms with van der Waals surface area (Å²) in [5.74, 6) is 0.00937. The number of carbonyl (C=O) groups is 1. The number of hydrogen-bond donors (Lipinski definition) is 2. The first-order chi connectivity index (χ1) is 9.61. The molecule has 1 unspecified atom stereocenters. The average Bonchev–Trinajstić information content (AvgIpc) is 2.72. The van der Waals surface area contributed by atoms with Gasteiger partial charge in [-0.1, -0.05) is 6.42 Å². The maximum Gasteiger partial charge on any atom is 0.225 e.